The first-order valence-electron chi connectivity index (χ1n) is 6.93. The third kappa shape index (κ3) is 3.03. The quantitative estimate of drug-likeness (QED) is 0.852. The maximum Gasteiger partial charge on any atom is 0.274 e. The number of anilines is 1. The Hall–Kier alpha value is -2.01. The first-order valence-corrected chi connectivity index (χ1v) is 7.31. The Kier molecular flexibility index (Phi) is 3.84. The largest absolute Gasteiger partial charge is 0.368 e. The van der Waals surface area contributed by atoms with E-state index in [1.807, 2.05) is 36.2 Å². The summed E-state index contributed by atoms with van der Waals surface area (Å²) in [5.41, 5.74) is 1.65. The first kappa shape index (κ1) is 13.9. The van der Waals surface area contributed by atoms with E-state index in [1.165, 1.54) is 0 Å². The Balaban J connectivity index is 1.62. The van der Waals surface area contributed by atoms with E-state index in [-0.39, 0.29) is 5.91 Å². The number of rotatable bonds is 2. The van der Waals surface area contributed by atoms with Crippen molar-refractivity contribution in [3.05, 3.63) is 47.2 Å². The molecule has 1 aliphatic heterocycles. The van der Waals surface area contributed by atoms with Gasteiger partial charge in [-0.25, -0.2) is 0 Å². The zero-order chi connectivity index (χ0) is 14.8. The van der Waals surface area contributed by atoms with Crippen LogP contribution in [-0.4, -0.2) is 46.8 Å². The SMILES string of the molecule is Cn1ccc(C(=O)N2CCN(c3ccc(Cl)cc3)CC2)n1. The van der Waals surface area contributed by atoms with Crippen molar-refractivity contribution in [2.45, 2.75) is 0 Å². The van der Waals surface area contributed by atoms with Gasteiger partial charge in [-0.05, 0) is 30.3 Å². The van der Waals surface area contributed by atoms with Crippen molar-refractivity contribution < 1.29 is 4.79 Å². The lowest BCUT2D eigenvalue weighted by molar-refractivity contribution is 0.0740. The standard InChI is InChI=1S/C15H17ClN4O/c1-18-7-6-14(17-18)15(21)20-10-8-19(9-11-20)13-4-2-12(16)3-5-13/h2-7H,8-11H2,1H3. The van der Waals surface area contributed by atoms with Crippen molar-refractivity contribution >= 4 is 23.2 Å². The van der Waals surface area contributed by atoms with Gasteiger partial charge < -0.3 is 9.80 Å². The molecule has 5 nitrogen and oxygen atoms in total. The van der Waals surface area contributed by atoms with Crippen LogP contribution in [0.5, 0.6) is 0 Å². The monoisotopic (exact) mass is 304 g/mol. The van der Waals surface area contributed by atoms with E-state index in [1.54, 1.807) is 16.9 Å². The molecule has 1 fully saturated rings. The van der Waals surface area contributed by atoms with Crippen LogP contribution in [0.25, 0.3) is 0 Å². The molecule has 1 aromatic carbocycles. The molecule has 0 spiro atoms. The molecule has 21 heavy (non-hydrogen) atoms. The summed E-state index contributed by atoms with van der Waals surface area (Å²) in [6.45, 7) is 3.05. The molecule has 1 aliphatic rings. The zero-order valence-corrected chi connectivity index (χ0v) is 12.6. The Morgan fingerprint density at radius 1 is 1.10 bits per heavy atom. The van der Waals surface area contributed by atoms with Crippen molar-refractivity contribution in [1.82, 2.24) is 14.7 Å². The average Bonchev–Trinajstić information content (AvgIpc) is 2.94. The number of halogens is 1. The van der Waals surface area contributed by atoms with Crippen molar-refractivity contribution in [3.63, 3.8) is 0 Å². The summed E-state index contributed by atoms with van der Waals surface area (Å²) in [6.07, 6.45) is 1.79. The lowest BCUT2D eigenvalue weighted by atomic mass is 10.2. The molecule has 1 aromatic heterocycles. The number of carbonyl (C=O) groups is 1. The maximum atomic E-state index is 12.3. The molecule has 6 heteroatoms. The highest BCUT2D eigenvalue weighted by Crippen LogP contribution is 2.19. The summed E-state index contributed by atoms with van der Waals surface area (Å²) in [5.74, 6) is 0.00589. The first-order chi connectivity index (χ1) is 10.1. The van der Waals surface area contributed by atoms with E-state index in [4.69, 9.17) is 11.6 Å². The number of piperazine rings is 1. The number of amides is 1. The van der Waals surface area contributed by atoms with Crippen molar-refractivity contribution in [2.24, 2.45) is 7.05 Å². The van der Waals surface area contributed by atoms with Gasteiger partial charge in [0.2, 0.25) is 0 Å². The lowest BCUT2D eigenvalue weighted by Gasteiger charge is -2.35. The normalized spacial score (nSPS) is 15.3. The topological polar surface area (TPSA) is 41.4 Å². The molecule has 0 unspecified atom stereocenters. The van der Waals surface area contributed by atoms with Gasteiger partial charge in [0, 0.05) is 50.1 Å². The summed E-state index contributed by atoms with van der Waals surface area (Å²) in [6, 6.07) is 9.57. The van der Waals surface area contributed by atoms with E-state index < -0.39 is 0 Å². The summed E-state index contributed by atoms with van der Waals surface area (Å²) in [4.78, 5) is 16.4. The van der Waals surface area contributed by atoms with E-state index in [0.717, 1.165) is 23.8 Å². The van der Waals surface area contributed by atoms with E-state index in [9.17, 15) is 4.79 Å². The highest BCUT2D eigenvalue weighted by Gasteiger charge is 2.23. The third-order valence-electron chi connectivity index (χ3n) is 3.69. The fraction of sp³-hybridized carbons (Fsp3) is 0.333. The Morgan fingerprint density at radius 3 is 2.33 bits per heavy atom. The molecule has 2 heterocycles. The second-order valence-electron chi connectivity index (χ2n) is 5.13. The molecule has 0 aliphatic carbocycles. The molecule has 0 atom stereocenters. The van der Waals surface area contributed by atoms with Crippen LogP contribution in [0.3, 0.4) is 0 Å². The number of hydrogen-bond donors (Lipinski definition) is 0. The Morgan fingerprint density at radius 2 is 1.76 bits per heavy atom. The van der Waals surface area contributed by atoms with Gasteiger partial charge in [0.15, 0.2) is 0 Å². The third-order valence-corrected chi connectivity index (χ3v) is 3.94. The van der Waals surface area contributed by atoms with Gasteiger partial charge in [-0.15, -0.1) is 0 Å². The van der Waals surface area contributed by atoms with E-state index in [2.05, 4.69) is 10.00 Å². The molecular formula is C15H17ClN4O. The van der Waals surface area contributed by atoms with Crippen LogP contribution in [-0.2, 0) is 7.05 Å². The van der Waals surface area contributed by atoms with Crippen LogP contribution in [0, 0.1) is 0 Å². The smallest absolute Gasteiger partial charge is 0.274 e. The minimum Gasteiger partial charge on any atom is -0.368 e. The van der Waals surface area contributed by atoms with Gasteiger partial charge in [0.25, 0.3) is 5.91 Å². The zero-order valence-electron chi connectivity index (χ0n) is 11.9. The average molecular weight is 305 g/mol. The number of nitrogens with zero attached hydrogens (tertiary/aromatic N) is 4. The molecule has 3 rings (SSSR count). The predicted octanol–water partition coefficient (Wildman–Crippen LogP) is 2.04. The summed E-state index contributed by atoms with van der Waals surface area (Å²) >= 11 is 5.90. The maximum absolute atomic E-state index is 12.3. The second-order valence-corrected chi connectivity index (χ2v) is 5.57. The van der Waals surface area contributed by atoms with Crippen LogP contribution in [0.1, 0.15) is 10.5 Å². The van der Waals surface area contributed by atoms with Crippen LogP contribution >= 0.6 is 11.6 Å². The fourth-order valence-electron chi connectivity index (χ4n) is 2.51. The second kappa shape index (κ2) is 5.77. The number of hydrogen-bond acceptors (Lipinski definition) is 3. The Bertz CT molecular complexity index is 629. The molecule has 1 saturated heterocycles. The van der Waals surface area contributed by atoms with Crippen molar-refractivity contribution in [1.29, 1.82) is 0 Å². The number of aryl methyl sites for hydroxylation is 1. The van der Waals surface area contributed by atoms with Gasteiger partial charge in [0.1, 0.15) is 5.69 Å². The molecule has 2 aromatic rings. The van der Waals surface area contributed by atoms with Crippen LogP contribution in [0.15, 0.2) is 36.5 Å². The van der Waals surface area contributed by atoms with Gasteiger partial charge in [-0.2, -0.15) is 5.10 Å². The lowest BCUT2D eigenvalue weighted by Crippen LogP contribution is -2.48. The molecule has 0 bridgehead atoms. The molecule has 0 saturated carbocycles. The predicted molar refractivity (Wildman–Crippen MR) is 82.8 cm³/mol. The van der Waals surface area contributed by atoms with Crippen LogP contribution in [0.2, 0.25) is 5.02 Å². The summed E-state index contributed by atoms with van der Waals surface area (Å²) in [7, 11) is 1.81. The molecule has 0 radical (unpaired) electrons. The summed E-state index contributed by atoms with van der Waals surface area (Å²) in [5, 5.41) is 4.91. The Labute approximate surface area is 128 Å². The highest BCUT2D eigenvalue weighted by atomic mass is 35.5. The molecule has 0 N–H and O–H groups in total. The van der Waals surface area contributed by atoms with Crippen molar-refractivity contribution in [2.75, 3.05) is 31.1 Å². The molecule has 110 valence electrons. The van der Waals surface area contributed by atoms with E-state index >= 15 is 0 Å². The van der Waals surface area contributed by atoms with Gasteiger partial charge in [-0.3, -0.25) is 9.48 Å². The van der Waals surface area contributed by atoms with E-state index in [0.29, 0.717) is 18.8 Å². The van der Waals surface area contributed by atoms with Gasteiger partial charge in [-0.1, -0.05) is 11.6 Å². The minimum absolute atomic E-state index is 0.00589. The minimum atomic E-state index is 0.00589. The highest BCUT2D eigenvalue weighted by molar-refractivity contribution is 6.30. The van der Waals surface area contributed by atoms with Crippen LogP contribution in [0.4, 0.5) is 5.69 Å². The van der Waals surface area contributed by atoms with Gasteiger partial charge in [0.05, 0.1) is 0 Å². The van der Waals surface area contributed by atoms with Crippen molar-refractivity contribution in [3.8, 4) is 0 Å². The number of benzene rings is 1. The molecular weight excluding hydrogens is 288 g/mol. The number of carbonyl (C=O) groups excluding carboxylic acids is 1. The van der Waals surface area contributed by atoms with Crippen LogP contribution < -0.4 is 4.90 Å². The molecule has 1 amide bonds. The number of aromatic nitrogens is 2. The summed E-state index contributed by atoms with van der Waals surface area (Å²) < 4.78 is 1.65. The fourth-order valence-corrected chi connectivity index (χ4v) is 2.64. The van der Waals surface area contributed by atoms with Gasteiger partial charge >= 0.3 is 0 Å².